The number of carbonyl (C=O) groups is 2. The monoisotopic (exact) mass is 900 g/mol. The molecular formula is C51H52N10O6. The number of nitrogens with zero attached hydrogens (tertiary/aromatic N) is 9. The van der Waals surface area contributed by atoms with Crippen molar-refractivity contribution in [2.45, 2.75) is 13.1 Å². The molecule has 2 fully saturated rings. The van der Waals surface area contributed by atoms with Crippen molar-refractivity contribution in [2.75, 3.05) is 83.5 Å². The smallest absolute Gasteiger partial charge is 0.354 e. The lowest BCUT2D eigenvalue weighted by Gasteiger charge is -2.29. The summed E-state index contributed by atoms with van der Waals surface area (Å²) in [5.41, 5.74) is 10.1. The van der Waals surface area contributed by atoms with Crippen molar-refractivity contribution in [3.63, 3.8) is 0 Å². The minimum Gasteiger partial charge on any atom is -0.477 e. The Morgan fingerprint density at radius 1 is 0.582 bits per heavy atom. The number of aromatic nitrogens is 6. The molecule has 6 heterocycles. The molecule has 0 radical (unpaired) electrons. The molecule has 67 heavy (non-hydrogen) atoms. The van der Waals surface area contributed by atoms with Gasteiger partial charge < -0.3 is 39.7 Å². The molecule has 0 spiro atoms. The zero-order valence-electron chi connectivity index (χ0n) is 37.7. The fourth-order valence-electron chi connectivity index (χ4n) is 8.60. The molecule has 8 aromatic rings. The number of morpholine rings is 2. The highest BCUT2D eigenvalue weighted by atomic mass is 16.5. The molecule has 342 valence electrons. The van der Waals surface area contributed by atoms with E-state index in [0.717, 1.165) is 120 Å². The SMILES string of the molecule is CN(C)Cc1nn(-c2ccccc2)c2nc(C(=O)O)cc(-c3ccc(N4CCOCC4)cc3)c12.CNCc1nn(-c2ccccc2)c2nc(C(=O)O)cc(-c3ccc(N4CCOCC4)cc3)c12. The predicted molar refractivity (Wildman–Crippen MR) is 259 cm³/mol. The lowest BCUT2D eigenvalue weighted by atomic mass is 10.00. The van der Waals surface area contributed by atoms with Crippen LogP contribution in [-0.2, 0) is 22.6 Å². The molecule has 0 atom stereocenters. The van der Waals surface area contributed by atoms with Gasteiger partial charge in [-0.2, -0.15) is 10.2 Å². The van der Waals surface area contributed by atoms with Gasteiger partial charge >= 0.3 is 11.9 Å². The lowest BCUT2D eigenvalue weighted by molar-refractivity contribution is 0.0680. The third-order valence-corrected chi connectivity index (χ3v) is 11.8. The second-order valence-corrected chi connectivity index (χ2v) is 16.6. The first kappa shape index (κ1) is 44.7. The number of rotatable bonds is 12. The van der Waals surface area contributed by atoms with Crippen LogP contribution in [0.2, 0.25) is 0 Å². The van der Waals surface area contributed by atoms with Crippen LogP contribution < -0.4 is 15.1 Å². The third-order valence-electron chi connectivity index (χ3n) is 11.8. The summed E-state index contributed by atoms with van der Waals surface area (Å²) in [6.07, 6.45) is 0. The number of nitrogens with one attached hydrogen (secondary N) is 1. The van der Waals surface area contributed by atoms with Crippen LogP contribution in [0.5, 0.6) is 0 Å². The van der Waals surface area contributed by atoms with Gasteiger partial charge in [0.1, 0.15) is 0 Å². The molecule has 10 rings (SSSR count). The number of anilines is 2. The van der Waals surface area contributed by atoms with Crippen LogP contribution in [0.15, 0.2) is 121 Å². The van der Waals surface area contributed by atoms with Crippen molar-refractivity contribution in [1.29, 1.82) is 0 Å². The molecular weight excluding hydrogens is 849 g/mol. The number of hydrogen-bond donors (Lipinski definition) is 3. The van der Waals surface area contributed by atoms with Crippen molar-refractivity contribution < 1.29 is 29.3 Å². The summed E-state index contributed by atoms with van der Waals surface area (Å²) in [6, 6.07) is 39.1. The lowest BCUT2D eigenvalue weighted by Crippen LogP contribution is -2.36. The van der Waals surface area contributed by atoms with Gasteiger partial charge in [0.25, 0.3) is 0 Å². The van der Waals surface area contributed by atoms with E-state index in [1.807, 2.05) is 111 Å². The number of pyridine rings is 2. The van der Waals surface area contributed by atoms with E-state index in [0.29, 0.717) is 24.4 Å². The highest BCUT2D eigenvalue weighted by Gasteiger charge is 2.24. The molecule has 2 aliphatic rings. The minimum atomic E-state index is -1.07. The number of ether oxygens (including phenoxy) is 2. The number of carboxylic acids is 2. The molecule has 0 bridgehead atoms. The topological polar surface area (TPSA) is 176 Å². The van der Waals surface area contributed by atoms with Crippen molar-refractivity contribution in [1.82, 2.24) is 39.7 Å². The van der Waals surface area contributed by atoms with Crippen LogP contribution in [0.25, 0.3) is 55.7 Å². The second kappa shape index (κ2) is 19.9. The zero-order valence-corrected chi connectivity index (χ0v) is 37.7. The van der Waals surface area contributed by atoms with Crippen molar-refractivity contribution in [3.05, 3.63) is 144 Å². The number of fused-ring (bicyclic) bond motifs is 2. The van der Waals surface area contributed by atoms with E-state index in [4.69, 9.17) is 19.7 Å². The van der Waals surface area contributed by atoms with Gasteiger partial charge in [0.2, 0.25) is 0 Å². The number of aromatic carboxylic acids is 2. The summed E-state index contributed by atoms with van der Waals surface area (Å²) in [5, 5.41) is 34.2. The summed E-state index contributed by atoms with van der Waals surface area (Å²) in [4.78, 5) is 39.6. The van der Waals surface area contributed by atoms with Gasteiger partial charge in [-0.1, -0.05) is 60.7 Å². The Balaban J connectivity index is 0.000000168. The normalized spacial score (nSPS) is 14.1. The maximum Gasteiger partial charge on any atom is 0.354 e. The van der Waals surface area contributed by atoms with Gasteiger partial charge in [0.05, 0.1) is 60.0 Å². The van der Waals surface area contributed by atoms with Crippen molar-refractivity contribution in [3.8, 4) is 33.6 Å². The van der Waals surface area contributed by atoms with Gasteiger partial charge in [-0.3, -0.25) is 0 Å². The van der Waals surface area contributed by atoms with Gasteiger partial charge in [-0.25, -0.2) is 28.9 Å². The highest BCUT2D eigenvalue weighted by Crippen LogP contribution is 2.36. The largest absolute Gasteiger partial charge is 0.477 e. The quantitative estimate of drug-likeness (QED) is 0.114. The summed E-state index contributed by atoms with van der Waals surface area (Å²) < 4.78 is 14.4. The molecule has 0 amide bonds. The first-order chi connectivity index (χ1) is 32.7. The van der Waals surface area contributed by atoms with Crippen LogP contribution in [0.3, 0.4) is 0 Å². The van der Waals surface area contributed by atoms with Crippen molar-refractivity contribution >= 4 is 45.4 Å². The molecule has 4 aromatic heterocycles. The summed E-state index contributed by atoms with van der Waals surface area (Å²) >= 11 is 0. The van der Waals surface area contributed by atoms with Gasteiger partial charge in [0, 0.05) is 50.6 Å². The van der Waals surface area contributed by atoms with Crippen LogP contribution in [0.1, 0.15) is 32.4 Å². The van der Waals surface area contributed by atoms with Crippen LogP contribution in [-0.4, -0.2) is 130 Å². The summed E-state index contributed by atoms with van der Waals surface area (Å²) in [6.45, 7) is 7.46. The van der Waals surface area contributed by atoms with E-state index in [9.17, 15) is 19.8 Å². The molecule has 0 unspecified atom stereocenters. The summed E-state index contributed by atoms with van der Waals surface area (Å²) in [5.74, 6) is -2.14. The Kier molecular flexibility index (Phi) is 13.3. The minimum absolute atomic E-state index is 0.00626. The molecule has 16 heteroatoms. The van der Waals surface area contributed by atoms with Gasteiger partial charge in [-0.15, -0.1) is 0 Å². The van der Waals surface area contributed by atoms with E-state index in [1.54, 1.807) is 21.5 Å². The average molecular weight is 901 g/mol. The Morgan fingerprint density at radius 3 is 1.37 bits per heavy atom. The molecule has 0 aliphatic carbocycles. The predicted octanol–water partition coefficient (Wildman–Crippen LogP) is 7.03. The molecule has 16 nitrogen and oxygen atoms in total. The zero-order chi connectivity index (χ0) is 46.4. The molecule has 0 saturated carbocycles. The van der Waals surface area contributed by atoms with E-state index < -0.39 is 11.9 Å². The Hall–Kier alpha value is -7.50. The van der Waals surface area contributed by atoms with Gasteiger partial charge in [-0.05, 0) is 104 Å². The van der Waals surface area contributed by atoms with Crippen LogP contribution in [0, 0.1) is 0 Å². The first-order valence-electron chi connectivity index (χ1n) is 22.2. The van der Waals surface area contributed by atoms with Crippen LogP contribution >= 0.6 is 0 Å². The standard InChI is InChI=1S/C26H27N5O3.C25H25N5O3/c1-29(2)17-23-24-21(18-8-10-19(11-9-18)30-12-14-34-15-13-30)16-22(26(32)33)27-25(24)31(28-23)20-6-4-3-5-7-20;1-26-16-22-23-20(17-7-9-18(10-8-17)29-11-13-33-14-12-29)15-21(25(31)32)27-24(23)30(28-22)19-5-3-2-4-6-19/h3-11,16H,12-15,17H2,1-2H3,(H,32,33);2-10,15,26H,11-14,16H2,1H3,(H,31,32). The average Bonchev–Trinajstić information content (AvgIpc) is 3.92. The number of benzene rings is 4. The van der Waals surface area contributed by atoms with E-state index in [-0.39, 0.29) is 11.4 Å². The maximum atomic E-state index is 12.0. The number of carboxylic acid groups (broad SMARTS) is 2. The van der Waals surface area contributed by atoms with Gasteiger partial charge in [0.15, 0.2) is 22.7 Å². The number of para-hydroxylation sites is 2. The van der Waals surface area contributed by atoms with Crippen molar-refractivity contribution in [2.24, 2.45) is 0 Å². The molecule has 2 saturated heterocycles. The Bertz CT molecular complexity index is 3000. The Morgan fingerprint density at radius 2 is 0.985 bits per heavy atom. The van der Waals surface area contributed by atoms with E-state index in [2.05, 4.69) is 49.4 Å². The second-order valence-electron chi connectivity index (χ2n) is 16.6. The fraction of sp³-hybridized carbons (Fsp3) is 0.255. The molecule has 4 aromatic carbocycles. The van der Waals surface area contributed by atoms with Crippen LogP contribution in [0.4, 0.5) is 11.4 Å². The third kappa shape index (κ3) is 9.60. The maximum absolute atomic E-state index is 12.0. The molecule has 3 N–H and O–H groups in total. The highest BCUT2D eigenvalue weighted by molar-refractivity contribution is 6.01. The van der Waals surface area contributed by atoms with E-state index >= 15 is 0 Å². The first-order valence-corrected chi connectivity index (χ1v) is 22.2. The Labute approximate surface area is 387 Å². The summed E-state index contributed by atoms with van der Waals surface area (Å²) in [7, 11) is 5.84. The molecule has 2 aliphatic heterocycles. The fourth-order valence-corrected chi connectivity index (χ4v) is 8.60. The number of hydrogen-bond acceptors (Lipinski definition) is 12. The van der Waals surface area contributed by atoms with E-state index in [1.165, 1.54) is 0 Å².